The van der Waals surface area contributed by atoms with Gasteiger partial charge in [-0.15, -0.1) is 0 Å². The standard InChI is InChI=1S/C18H24N2O3/c1-13(2)12-16(21)23-11-7-10-20-15-9-6-5-8-14(15)19-18(3,4)17(20)22/h5-6,8-9,12,19H,7,10-11H2,1-4H3. The number of anilines is 2. The number of rotatable bonds is 5. The maximum absolute atomic E-state index is 12.6. The van der Waals surface area contributed by atoms with Gasteiger partial charge in [-0.2, -0.15) is 0 Å². The molecule has 1 amide bonds. The Balaban J connectivity index is 2.00. The van der Waals surface area contributed by atoms with E-state index in [1.165, 1.54) is 6.08 Å². The summed E-state index contributed by atoms with van der Waals surface area (Å²) < 4.78 is 5.15. The van der Waals surface area contributed by atoms with Crippen molar-refractivity contribution in [1.82, 2.24) is 0 Å². The number of carbonyl (C=O) groups excluding carboxylic acids is 2. The number of hydrogen-bond donors (Lipinski definition) is 1. The van der Waals surface area contributed by atoms with Crippen molar-refractivity contribution in [1.29, 1.82) is 0 Å². The Hall–Kier alpha value is -2.30. The summed E-state index contributed by atoms with van der Waals surface area (Å²) in [7, 11) is 0. The molecule has 0 fully saturated rings. The Morgan fingerprint density at radius 2 is 2.00 bits per heavy atom. The summed E-state index contributed by atoms with van der Waals surface area (Å²) in [6, 6.07) is 7.74. The van der Waals surface area contributed by atoms with E-state index < -0.39 is 5.54 Å². The second kappa shape index (κ2) is 6.86. The highest BCUT2D eigenvalue weighted by atomic mass is 16.5. The Morgan fingerprint density at radius 3 is 2.70 bits per heavy atom. The number of nitrogens with zero attached hydrogens (tertiary/aromatic N) is 1. The summed E-state index contributed by atoms with van der Waals surface area (Å²) in [5.74, 6) is -0.316. The topological polar surface area (TPSA) is 58.6 Å². The number of para-hydroxylation sites is 2. The van der Waals surface area contributed by atoms with Crippen molar-refractivity contribution >= 4 is 23.3 Å². The van der Waals surface area contributed by atoms with Gasteiger partial charge in [0.2, 0.25) is 0 Å². The van der Waals surface area contributed by atoms with E-state index in [1.807, 2.05) is 52.0 Å². The van der Waals surface area contributed by atoms with Crippen molar-refractivity contribution in [2.24, 2.45) is 0 Å². The van der Waals surface area contributed by atoms with Crippen molar-refractivity contribution in [2.75, 3.05) is 23.4 Å². The van der Waals surface area contributed by atoms with Crippen LogP contribution in [0.3, 0.4) is 0 Å². The minimum atomic E-state index is -0.646. The van der Waals surface area contributed by atoms with Crippen molar-refractivity contribution in [3.8, 4) is 0 Å². The van der Waals surface area contributed by atoms with Gasteiger partial charge in [-0.1, -0.05) is 17.7 Å². The third kappa shape index (κ3) is 4.12. The first-order valence-electron chi connectivity index (χ1n) is 7.82. The summed E-state index contributed by atoms with van der Waals surface area (Å²) in [5, 5.41) is 3.26. The fourth-order valence-corrected chi connectivity index (χ4v) is 2.55. The van der Waals surface area contributed by atoms with Gasteiger partial charge in [-0.3, -0.25) is 4.79 Å². The maximum atomic E-state index is 12.6. The third-order valence-corrected chi connectivity index (χ3v) is 3.60. The van der Waals surface area contributed by atoms with Crippen molar-refractivity contribution in [3.05, 3.63) is 35.9 Å². The highest BCUT2D eigenvalue weighted by Gasteiger charge is 2.37. The molecule has 1 aliphatic rings. The van der Waals surface area contributed by atoms with Gasteiger partial charge in [0.05, 0.1) is 18.0 Å². The molecule has 124 valence electrons. The number of amides is 1. The lowest BCUT2D eigenvalue weighted by Crippen LogP contribution is -2.54. The predicted molar refractivity (Wildman–Crippen MR) is 91.5 cm³/mol. The molecule has 0 unspecified atom stereocenters. The number of allylic oxidation sites excluding steroid dienone is 1. The van der Waals surface area contributed by atoms with Gasteiger partial charge >= 0.3 is 5.97 Å². The monoisotopic (exact) mass is 316 g/mol. The number of nitrogens with one attached hydrogen (secondary N) is 1. The van der Waals surface area contributed by atoms with Crippen LogP contribution < -0.4 is 10.2 Å². The van der Waals surface area contributed by atoms with E-state index in [-0.39, 0.29) is 11.9 Å². The fraction of sp³-hybridized carbons (Fsp3) is 0.444. The summed E-state index contributed by atoms with van der Waals surface area (Å²) in [4.78, 5) is 25.9. The SMILES string of the molecule is CC(C)=CC(=O)OCCCN1C(=O)C(C)(C)Nc2ccccc21. The molecular weight excluding hydrogens is 292 g/mol. The Labute approximate surface area is 137 Å². The van der Waals surface area contributed by atoms with Crippen LogP contribution in [0.1, 0.15) is 34.1 Å². The minimum Gasteiger partial charge on any atom is -0.462 e. The summed E-state index contributed by atoms with van der Waals surface area (Å²) >= 11 is 0. The molecule has 1 N–H and O–H groups in total. The summed E-state index contributed by atoms with van der Waals surface area (Å²) in [5.41, 5.74) is 2.07. The largest absolute Gasteiger partial charge is 0.462 e. The lowest BCUT2D eigenvalue weighted by molar-refractivity contribution is -0.137. The van der Waals surface area contributed by atoms with E-state index in [9.17, 15) is 9.59 Å². The molecule has 0 atom stereocenters. The molecule has 1 heterocycles. The average molecular weight is 316 g/mol. The highest BCUT2D eigenvalue weighted by molar-refractivity contribution is 6.07. The molecule has 0 bridgehead atoms. The molecule has 1 aromatic carbocycles. The molecule has 0 saturated carbocycles. The van der Waals surface area contributed by atoms with E-state index in [4.69, 9.17) is 4.74 Å². The molecule has 0 aromatic heterocycles. The molecule has 0 aliphatic carbocycles. The molecule has 1 aliphatic heterocycles. The first kappa shape index (κ1) is 17.1. The summed E-state index contributed by atoms with van der Waals surface area (Å²) in [6.07, 6.45) is 2.06. The van der Waals surface area contributed by atoms with E-state index in [0.717, 1.165) is 16.9 Å². The first-order valence-corrected chi connectivity index (χ1v) is 7.82. The van der Waals surface area contributed by atoms with Gasteiger partial charge in [0.25, 0.3) is 5.91 Å². The molecule has 1 aromatic rings. The smallest absolute Gasteiger partial charge is 0.330 e. The van der Waals surface area contributed by atoms with E-state index in [0.29, 0.717) is 19.6 Å². The lowest BCUT2D eigenvalue weighted by atomic mass is 9.98. The Morgan fingerprint density at radius 1 is 1.30 bits per heavy atom. The zero-order valence-electron chi connectivity index (χ0n) is 14.2. The van der Waals surface area contributed by atoms with Crippen LogP contribution in [0.4, 0.5) is 11.4 Å². The zero-order chi connectivity index (χ0) is 17.0. The van der Waals surface area contributed by atoms with Crippen LogP contribution in [-0.4, -0.2) is 30.6 Å². The van der Waals surface area contributed by atoms with Crippen LogP contribution in [0.15, 0.2) is 35.9 Å². The molecule has 0 spiro atoms. The number of fused-ring (bicyclic) bond motifs is 1. The molecular formula is C18H24N2O3. The second-order valence-electron chi connectivity index (χ2n) is 6.47. The van der Waals surface area contributed by atoms with Crippen molar-refractivity contribution in [2.45, 2.75) is 39.7 Å². The molecule has 0 radical (unpaired) electrons. The zero-order valence-corrected chi connectivity index (χ0v) is 14.2. The van der Waals surface area contributed by atoms with Crippen LogP contribution in [0.5, 0.6) is 0 Å². The van der Waals surface area contributed by atoms with E-state index >= 15 is 0 Å². The molecule has 23 heavy (non-hydrogen) atoms. The maximum Gasteiger partial charge on any atom is 0.330 e. The normalized spacial score (nSPS) is 15.5. The van der Waals surface area contributed by atoms with Gasteiger partial charge < -0.3 is 15.0 Å². The molecule has 5 heteroatoms. The van der Waals surface area contributed by atoms with Gasteiger partial charge in [0.15, 0.2) is 0 Å². The number of ether oxygens (including phenoxy) is 1. The number of hydrogen-bond acceptors (Lipinski definition) is 4. The van der Waals surface area contributed by atoms with Crippen molar-refractivity contribution in [3.63, 3.8) is 0 Å². The van der Waals surface area contributed by atoms with Crippen molar-refractivity contribution < 1.29 is 14.3 Å². The average Bonchev–Trinajstić information content (AvgIpc) is 2.46. The number of carbonyl (C=O) groups is 2. The second-order valence-corrected chi connectivity index (χ2v) is 6.47. The number of benzene rings is 1. The lowest BCUT2D eigenvalue weighted by Gasteiger charge is -2.39. The Bertz CT molecular complexity index is 631. The third-order valence-electron chi connectivity index (χ3n) is 3.60. The van der Waals surface area contributed by atoms with Crippen LogP contribution >= 0.6 is 0 Å². The predicted octanol–water partition coefficient (Wildman–Crippen LogP) is 3.12. The van der Waals surface area contributed by atoms with E-state index in [1.54, 1.807) is 4.90 Å². The fourth-order valence-electron chi connectivity index (χ4n) is 2.55. The van der Waals surface area contributed by atoms with Gasteiger partial charge in [-0.05, 0) is 46.2 Å². The molecule has 0 saturated heterocycles. The molecule has 5 nitrogen and oxygen atoms in total. The van der Waals surface area contributed by atoms with Crippen LogP contribution in [0, 0.1) is 0 Å². The van der Waals surface area contributed by atoms with Gasteiger partial charge in [0.1, 0.15) is 5.54 Å². The first-order chi connectivity index (χ1) is 10.8. The minimum absolute atomic E-state index is 0.0202. The molecule has 2 rings (SSSR count). The van der Waals surface area contributed by atoms with Gasteiger partial charge in [-0.25, -0.2) is 4.79 Å². The van der Waals surface area contributed by atoms with Gasteiger partial charge in [0, 0.05) is 12.6 Å². The summed E-state index contributed by atoms with van der Waals surface area (Å²) in [6.45, 7) is 8.24. The Kier molecular flexibility index (Phi) is 5.08. The van der Waals surface area contributed by atoms with Crippen LogP contribution in [0.25, 0.3) is 0 Å². The quantitative estimate of drug-likeness (QED) is 0.515. The van der Waals surface area contributed by atoms with E-state index in [2.05, 4.69) is 5.32 Å². The number of esters is 1. The van der Waals surface area contributed by atoms with Crippen LogP contribution in [-0.2, 0) is 14.3 Å². The highest BCUT2D eigenvalue weighted by Crippen LogP contribution is 2.34. The van der Waals surface area contributed by atoms with Crippen LogP contribution in [0.2, 0.25) is 0 Å².